The van der Waals surface area contributed by atoms with E-state index in [9.17, 15) is 0 Å². The molecule has 0 unspecified atom stereocenters. The number of hydrogen-bond acceptors (Lipinski definition) is 2. The monoisotopic (exact) mass is 676 g/mol. The summed E-state index contributed by atoms with van der Waals surface area (Å²) in [5, 5.41) is 9.62. The largest absolute Gasteiger partial charge is 0.456 e. The van der Waals surface area contributed by atoms with E-state index in [0.29, 0.717) is 0 Å². The number of benzene rings is 9. The molecule has 9 aromatic carbocycles. The molecule has 0 radical (unpaired) electrons. The Bertz CT molecular complexity index is 3190. The highest BCUT2D eigenvalue weighted by Crippen LogP contribution is 2.45. The second-order valence-corrected chi connectivity index (χ2v) is 13.7. The normalized spacial score (nSPS) is 11.8. The molecule has 3 heteroatoms. The number of rotatable bonds is 5. The molecule has 0 aliphatic rings. The van der Waals surface area contributed by atoms with Crippen LogP contribution in [0.2, 0.25) is 0 Å². The van der Waals surface area contributed by atoms with Crippen LogP contribution in [0.15, 0.2) is 199 Å². The van der Waals surface area contributed by atoms with Gasteiger partial charge in [-0.15, -0.1) is 0 Å². The molecule has 0 saturated heterocycles. The zero-order chi connectivity index (χ0) is 34.9. The molecule has 53 heavy (non-hydrogen) atoms. The first-order valence-electron chi connectivity index (χ1n) is 18.1. The SMILES string of the molecule is c1ccc(-c2ccccc2N(c2ccc3c(c2)oc2ccccc23)c2ccc3c(c2)c2c4ccccc4ccc2n3-c2ccc3ccccc3c2)cc1. The predicted octanol–water partition coefficient (Wildman–Crippen LogP) is 14.1. The molecule has 0 fully saturated rings. The van der Waals surface area contributed by atoms with Crippen LogP contribution >= 0.6 is 0 Å². The summed E-state index contributed by atoms with van der Waals surface area (Å²) in [6, 6.07) is 69.8. The van der Waals surface area contributed by atoms with Gasteiger partial charge >= 0.3 is 0 Å². The summed E-state index contributed by atoms with van der Waals surface area (Å²) in [4.78, 5) is 2.39. The van der Waals surface area contributed by atoms with Crippen molar-refractivity contribution in [1.82, 2.24) is 4.57 Å². The summed E-state index contributed by atoms with van der Waals surface area (Å²) in [6.07, 6.45) is 0. The molecule has 2 heterocycles. The summed E-state index contributed by atoms with van der Waals surface area (Å²) in [5.41, 5.74) is 10.8. The second kappa shape index (κ2) is 11.7. The van der Waals surface area contributed by atoms with Gasteiger partial charge in [0.1, 0.15) is 11.2 Å². The molecule has 11 rings (SSSR count). The van der Waals surface area contributed by atoms with Gasteiger partial charge in [-0.1, -0.05) is 127 Å². The van der Waals surface area contributed by atoms with Gasteiger partial charge in [-0.05, 0) is 87.8 Å². The molecule has 0 saturated carbocycles. The molecule has 0 atom stereocenters. The van der Waals surface area contributed by atoms with Crippen LogP contribution in [0.5, 0.6) is 0 Å². The maximum Gasteiger partial charge on any atom is 0.137 e. The van der Waals surface area contributed by atoms with Crippen molar-refractivity contribution in [3.8, 4) is 16.8 Å². The van der Waals surface area contributed by atoms with Crippen molar-refractivity contribution in [3.05, 3.63) is 194 Å². The molecule has 0 aliphatic heterocycles. The van der Waals surface area contributed by atoms with E-state index in [2.05, 4.69) is 191 Å². The van der Waals surface area contributed by atoms with Crippen molar-refractivity contribution < 1.29 is 4.42 Å². The van der Waals surface area contributed by atoms with Crippen molar-refractivity contribution in [1.29, 1.82) is 0 Å². The van der Waals surface area contributed by atoms with E-state index in [-0.39, 0.29) is 0 Å². The Morgan fingerprint density at radius 3 is 1.96 bits per heavy atom. The van der Waals surface area contributed by atoms with Crippen LogP contribution in [0, 0.1) is 0 Å². The standard InChI is InChI=1S/C50H32N2O/c1-2-13-34(14-3-1)40-17-8-10-20-45(40)51(39-25-27-43-42-19-9-11-21-48(42)53-49(43)32-39)38-26-29-46-44(31-38)50-41-18-7-6-15-35(41)23-28-47(50)52(46)37-24-22-33-12-4-5-16-36(33)30-37/h1-32H. The zero-order valence-electron chi connectivity index (χ0n) is 28.8. The Labute approximate surface area is 306 Å². The van der Waals surface area contributed by atoms with E-state index in [1.54, 1.807) is 0 Å². The number of nitrogens with zero attached hydrogens (tertiary/aromatic N) is 2. The van der Waals surface area contributed by atoms with Crippen LogP contribution in [0.25, 0.3) is 82.1 Å². The molecule has 0 N–H and O–H groups in total. The Kier molecular flexibility index (Phi) is 6.55. The molecule has 0 aliphatic carbocycles. The molecular weight excluding hydrogens is 645 g/mol. The van der Waals surface area contributed by atoms with Gasteiger partial charge in [0.25, 0.3) is 0 Å². The first kappa shape index (κ1) is 29.6. The smallest absolute Gasteiger partial charge is 0.137 e. The maximum absolute atomic E-state index is 6.46. The zero-order valence-corrected chi connectivity index (χ0v) is 28.8. The van der Waals surface area contributed by atoms with Gasteiger partial charge in [-0.3, -0.25) is 0 Å². The Hall–Kier alpha value is -7.10. The van der Waals surface area contributed by atoms with Gasteiger partial charge in [0.05, 0.1) is 16.7 Å². The lowest BCUT2D eigenvalue weighted by molar-refractivity contribution is 0.669. The van der Waals surface area contributed by atoms with Gasteiger partial charge in [0.2, 0.25) is 0 Å². The highest BCUT2D eigenvalue weighted by Gasteiger charge is 2.22. The van der Waals surface area contributed by atoms with Crippen molar-refractivity contribution in [2.24, 2.45) is 0 Å². The maximum atomic E-state index is 6.46. The van der Waals surface area contributed by atoms with Crippen LogP contribution < -0.4 is 4.90 Å². The highest BCUT2D eigenvalue weighted by atomic mass is 16.3. The Morgan fingerprint density at radius 1 is 0.396 bits per heavy atom. The fourth-order valence-corrected chi connectivity index (χ4v) is 8.32. The van der Waals surface area contributed by atoms with Crippen molar-refractivity contribution in [2.75, 3.05) is 4.90 Å². The number of fused-ring (bicyclic) bond motifs is 9. The van der Waals surface area contributed by atoms with Gasteiger partial charge in [0, 0.05) is 50.2 Å². The van der Waals surface area contributed by atoms with E-state index in [4.69, 9.17) is 4.42 Å². The molecule has 0 bridgehead atoms. The lowest BCUT2D eigenvalue weighted by Gasteiger charge is -2.28. The van der Waals surface area contributed by atoms with Gasteiger partial charge in [-0.2, -0.15) is 0 Å². The van der Waals surface area contributed by atoms with Crippen molar-refractivity contribution in [2.45, 2.75) is 0 Å². The molecule has 0 spiro atoms. The number of aromatic nitrogens is 1. The van der Waals surface area contributed by atoms with Crippen LogP contribution in [0.1, 0.15) is 0 Å². The average molecular weight is 677 g/mol. The molecule has 248 valence electrons. The fraction of sp³-hybridized carbons (Fsp3) is 0. The number of hydrogen-bond donors (Lipinski definition) is 0. The average Bonchev–Trinajstić information content (AvgIpc) is 3.76. The second-order valence-electron chi connectivity index (χ2n) is 13.7. The summed E-state index contributed by atoms with van der Waals surface area (Å²) in [6.45, 7) is 0. The van der Waals surface area contributed by atoms with Gasteiger partial charge in [0.15, 0.2) is 0 Å². The van der Waals surface area contributed by atoms with E-state index in [0.717, 1.165) is 55.8 Å². The van der Waals surface area contributed by atoms with E-state index in [1.165, 1.54) is 43.4 Å². The summed E-state index contributed by atoms with van der Waals surface area (Å²) < 4.78 is 8.89. The summed E-state index contributed by atoms with van der Waals surface area (Å²) in [7, 11) is 0. The predicted molar refractivity (Wildman–Crippen MR) is 223 cm³/mol. The third-order valence-corrected chi connectivity index (χ3v) is 10.7. The van der Waals surface area contributed by atoms with Crippen molar-refractivity contribution in [3.63, 3.8) is 0 Å². The highest BCUT2D eigenvalue weighted by molar-refractivity contribution is 6.22. The van der Waals surface area contributed by atoms with Crippen LogP contribution in [-0.2, 0) is 0 Å². The van der Waals surface area contributed by atoms with Gasteiger partial charge in [-0.25, -0.2) is 0 Å². The topological polar surface area (TPSA) is 21.3 Å². The number of anilines is 3. The minimum absolute atomic E-state index is 0.867. The van der Waals surface area contributed by atoms with Crippen LogP contribution in [0.3, 0.4) is 0 Å². The Balaban J connectivity index is 1.21. The minimum atomic E-state index is 0.867. The minimum Gasteiger partial charge on any atom is -0.456 e. The van der Waals surface area contributed by atoms with Crippen LogP contribution in [0.4, 0.5) is 17.1 Å². The third kappa shape index (κ3) is 4.68. The number of furan rings is 1. The quantitative estimate of drug-likeness (QED) is 0.181. The third-order valence-electron chi connectivity index (χ3n) is 10.7. The van der Waals surface area contributed by atoms with E-state index < -0.39 is 0 Å². The first-order chi connectivity index (χ1) is 26.3. The van der Waals surface area contributed by atoms with E-state index >= 15 is 0 Å². The van der Waals surface area contributed by atoms with Gasteiger partial charge < -0.3 is 13.9 Å². The molecular formula is C50H32N2O. The van der Waals surface area contributed by atoms with Crippen LogP contribution in [-0.4, -0.2) is 4.57 Å². The fourth-order valence-electron chi connectivity index (χ4n) is 8.32. The van der Waals surface area contributed by atoms with E-state index in [1.807, 2.05) is 12.1 Å². The molecule has 11 aromatic rings. The summed E-state index contributed by atoms with van der Waals surface area (Å²) >= 11 is 0. The Morgan fingerprint density at radius 2 is 1.06 bits per heavy atom. The first-order valence-corrected chi connectivity index (χ1v) is 18.1. The summed E-state index contributed by atoms with van der Waals surface area (Å²) in [5.74, 6) is 0. The molecule has 2 aromatic heterocycles. The number of para-hydroxylation sites is 2. The lowest BCUT2D eigenvalue weighted by atomic mass is 10.0. The van der Waals surface area contributed by atoms with Crippen molar-refractivity contribution >= 4 is 82.4 Å². The molecule has 0 amide bonds. The molecule has 3 nitrogen and oxygen atoms in total. The lowest BCUT2D eigenvalue weighted by Crippen LogP contribution is -2.11.